The van der Waals surface area contributed by atoms with Gasteiger partial charge in [-0.1, -0.05) is 25.5 Å². The van der Waals surface area contributed by atoms with E-state index in [0.29, 0.717) is 5.41 Å². The quantitative estimate of drug-likeness (QED) is 0.480. The average molecular weight is 196 g/mol. The summed E-state index contributed by atoms with van der Waals surface area (Å²) in [6.07, 6.45) is 4.98. The Morgan fingerprint density at radius 2 is 2.15 bits per heavy atom. The highest BCUT2D eigenvalue weighted by molar-refractivity contribution is 7.82. The van der Waals surface area contributed by atoms with Crippen molar-refractivity contribution in [2.45, 2.75) is 45.3 Å². The molecular weight excluding hydrogens is 176 g/mol. The van der Waals surface area contributed by atoms with Gasteiger partial charge in [0, 0.05) is 4.75 Å². The zero-order chi connectivity index (χ0) is 9.85. The summed E-state index contributed by atoms with van der Waals surface area (Å²) in [6, 6.07) is 0. The predicted octanol–water partition coefficient (Wildman–Crippen LogP) is 3.69. The molecule has 2 rings (SSSR count). The fraction of sp³-hybridized carbons (Fsp3) is 0.833. The molecule has 13 heavy (non-hydrogen) atoms. The van der Waals surface area contributed by atoms with Crippen LogP contribution < -0.4 is 0 Å². The van der Waals surface area contributed by atoms with Crippen LogP contribution in [-0.4, -0.2) is 4.75 Å². The molecule has 0 aromatic carbocycles. The highest BCUT2D eigenvalue weighted by atomic mass is 32.1. The van der Waals surface area contributed by atoms with Crippen LogP contribution in [0.3, 0.4) is 0 Å². The summed E-state index contributed by atoms with van der Waals surface area (Å²) in [5.74, 6) is 1.74. The van der Waals surface area contributed by atoms with Crippen LogP contribution >= 0.6 is 12.6 Å². The Balaban J connectivity index is 2.40. The lowest BCUT2D eigenvalue weighted by Crippen LogP contribution is -2.27. The van der Waals surface area contributed by atoms with Crippen molar-refractivity contribution in [3.05, 3.63) is 11.6 Å². The smallest absolute Gasteiger partial charge is 0.0369 e. The Kier molecular flexibility index (Phi) is 1.90. The number of rotatable bonds is 1. The summed E-state index contributed by atoms with van der Waals surface area (Å²) in [5, 5.41) is 0. The minimum atomic E-state index is 0.160. The van der Waals surface area contributed by atoms with E-state index in [1.807, 2.05) is 0 Å². The highest BCUT2D eigenvalue weighted by Crippen LogP contribution is 2.74. The second kappa shape index (κ2) is 2.56. The molecule has 0 bridgehead atoms. The molecule has 0 saturated heterocycles. The zero-order valence-corrected chi connectivity index (χ0v) is 9.99. The summed E-state index contributed by atoms with van der Waals surface area (Å²) < 4.78 is 0.160. The third-order valence-electron chi connectivity index (χ3n) is 4.61. The first kappa shape index (κ1) is 9.64. The Bertz CT molecular complexity index is 264. The molecule has 0 nitrogen and oxygen atoms in total. The van der Waals surface area contributed by atoms with Gasteiger partial charge in [-0.05, 0) is 43.9 Å². The van der Waals surface area contributed by atoms with Crippen LogP contribution in [0.5, 0.6) is 0 Å². The molecule has 0 aliphatic heterocycles. The maximum atomic E-state index is 4.89. The molecule has 0 aromatic heterocycles. The number of thiol groups is 1. The van der Waals surface area contributed by atoms with Crippen LogP contribution in [-0.2, 0) is 0 Å². The molecule has 0 aromatic rings. The summed E-state index contributed by atoms with van der Waals surface area (Å²) >= 11 is 4.89. The van der Waals surface area contributed by atoms with E-state index in [0.717, 1.165) is 11.8 Å². The van der Waals surface area contributed by atoms with Crippen LogP contribution in [0, 0.1) is 17.3 Å². The molecular formula is C12H20S. The normalized spacial score (nSPS) is 56.8. The first-order valence-corrected chi connectivity index (χ1v) is 5.82. The van der Waals surface area contributed by atoms with E-state index in [-0.39, 0.29) is 4.75 Å². The Labute approximate surface area is 87.2 Å². The van der Waals surface area contributed by atoms with Gasteiger partial charge in [0.25, 0.3) is 0 Å². The van der Waals surface area contributed by atoms with Gasteiger partial charge in [-0.2, -0.15) is 12.6 Å². The van der Waals surface area contributed by atoms with Crippen molar-refractivity contribution in [1.29, 1.82) is 0 Å². The molecule has 74 valence electrons. The molecule has 0 heterocycles. The Morgan fingerprint density at radius 1 is 1.54 bits per heavy atom. The van der Waals surface area contributed by atoms with Crippen molar-refractivity contribution >= 4 is 12.6 Å². The van der Waals surface area contributed by atoms with Crippen LogP contribution in [0.2, 0.25) is 0 Å². The van der Waals surface area contributed by atoms with E-state index in [1.165, 1.54) is 12.8 Å². The van der Waals surface area contributed by atoms with E-state index >= 15 is 0 Å². The van der Waals surface area contributed by atoms with Crippen molar-refractivity contribution in [3.63, 3.8) is 0 Å². The van der Waals surface area contributed by atoms with Crippen molar-refractivity contribution in [3.8, 4) is 0 Å². The van der Waals surface area contributed by atoms with Crippen LogP contribution in [0.25, 0.3) is 0 Å². The molecule has 4 unspecified atom stereocenters. The first-order valence-electron chi connectivity index (χ1n) is 5.38. The second-order valence-corrected chi connectivity index (χ2v) is 5.95. The minimum Gasteiger partial charge on any atom is -0.168 e. The van der Waals surface area contributed by atoms with E-state index in [1.54, 1.807) is 5.57 Å². The van der Waals surface area contributed by atoms with Crippen molar-refractivity contribution in [1.82, 2.24) is 0 Å². The summed E-state index contributed by atoms with van der Waals surface area (Å²) in [4.78, 5) is 0. The predicted molar refractivity (Wildman–Crippen MR) is 61.1 cm³/mol. The lowest BCUT2D eigenvalue weighted by molar-refractivity contribution is 0.469. The van der Waals surface area contributed by atoms with Gasteiger partial charge in [0.15, 0.2) is 0 Å². The largest absolute Gasteiger partial charge is 0.168 e. The molecule has 0 amide bonds. The Morgan fingerprint density at radius 3 is 2.54 bits per heavy atom. The van der Waals surface area contributed by atoms with E-state index in [2.05, 4.69) is 33.8 Å². The molecule has 2 aliphatic rings. The molecule has 2 saturated carbocycles. The van der Waals surface area contributed by atoms with Gasteiger partial charge < -0.3 is 0 Å². The lowest BCUT2D eigenvalue weighted by atomic mass is 9.86. The average Bonchev–Trinajstić information content (AvgIpc) is 2.70. The standard InChI is InChI=1S/C12H20S/c1-5-8-9(6-2)12(4,13)11(3)7-10(8)11/h6,8,10,13H,5,7H2,1-4H3/b9-6-. The fourth-order valence-corrected chi connectivity index (χ4v) is 4.00. The monoisotopic (exact) mass is 196 g/mol. The molecule has 2 aliphatic carbocycles. The SMILES string of the molecule is C/C=C1/C(CC)C2CC2(C)C1(C)S. The van der Waals surface area contributed by atoms with Gasteiger partial charge in [0.1, 0.15) is 0 Å². The molecule has 0 spiro atoms. The van der Waals surface area contributed by atoms with Gasteiger partial charge in [0.05, 0.1) is 0 Å². The van der Waals surface area contributed by atoms with Crippen LogP contribution in [0.15, 0.2) is 11.6 Å². The van der Waals surface area contributed by atoms with Crippen LogP contribution in [0.4, 0.5) is 0 Å². The van der Waals surface area contributed by atoms with E-state index < -0.39 is 0 Å². The zero-order valence-electron chi connectivity index (χ0n) is 9.09. The number of hydrogen-bond donors (Lipinski definition) is 1. The summed E-state index contributed by atoms with van der Waals surface area (Å²) in [6.45, 7) is 9.19. The van der Waals surface area contributed by atoms with Gasteiger partial charge in [-0.15, -0.1) is 0 Å². The topological polar surface area (TPSA) is 0 Å². The molecule has 0 radical (unpaired) electrons. The second-order valence-electron chi connectivity index (χ2n) is 5.06. The van der Waals surface area contributed by atoms with Crippen molar-refractivity contribution in [2.24, 2.45) is 17.3 Å². The number of fused-ring (bicyclic) bond motifs is 1. The van der Waals surface area contributed by atoms with Crippen molar-refractivity contribution in [2.75, 3.05) is 0 Å². The summed E-state index contributed by atoms with van der Waals surface area (Å²) in [7, 11) is 0. The molecule has 0 N–H and O–H groups in total. The third-order valence-corrected chi connectivity index (χ3v) is 5.38. The molecule has 4 atom stereocenters. The molecule has 2 fully saturated rings. The van der Waals surface area contributed by atoms with Crippen molar-refractivity contribution < 1.29 is 0 Å². The van der Waals surface area contributed by atoms with Gasteiger partial charge in [-0.3, -0.25) is 0 Å². The first-order chi connectivity index (χ1) is 5.99. The summed E-state index contributed by atoms with van der Waals surface area (Å²) in [5.41, 5.74) is 2.09. The number of hydrogen-bond acceptors (Lipinski definition) is 1. The lowest BCUT2D eigenvalue weighted by Gasteiger charge is -2.30. The third kappa shape index (κ3) is 0.945. The Hall–Kier alpha value is 0.0900. The maximum absolute atomic E-state index is 4.89. The fourth-order valence-electron chi connectivity index (χ4n) is 3.45. The van der Waals surface area contributed by atoms with Gasteiger partial charge in [0.2, 0.25) is 0 Å². The molecule has 1 heteroatoms. The van der Waals surface area contributed by atoms with Gasteiger partial charge in [-0.25, -0.2) is 0 Å². The van der Waals surface area contributed by atoms with E-state index in [9.17, 15) is 0 Å². The number of allylic oxidation sites excluding steroid dienone is 1. The van der Waals surface area contributed by atoms with E-state index in [4.69, 9.17) is 12.6 Å². The minimum absolute atomic E-state index is 0.160. The highest BCUT2D eigenvalue weighted by Gasteiger charge is 2.69. The maximum Gasteiger partial charge on any atom is 0.0369 e. The van der Waals surface area contributed by atoms with Gasteiger partial charge >= 0.3 is 0 Å². The van der Waals surface area contributed by atoms with Crippen LogP contribution in [0.1, 0.15) is 40.5 Å².